The van der Waals surface area contributed by atoms with E-state index in [1.54, 1.807) is 17.2 Å². The maximum atomic E-state index is 14.0. The second-order valence-electron chi connectivity index (χ2n) is 9.97. The molecule has 5 rings (SSSR count). The fourth-order valence-corrected chi connectivity index (χ4v) is 5.59. The first-order chi connectivity index (χ1) is 16.3. The van der Waals surface area contributed by atoms with E-state index in [1.807, 2.05) is 48.7 Å². The van der Waals surface area contributed by atoms with Gasteiger partial charge in [-0.3, -0.25) is 14.5 Å². The third kappa shape index (κ3) is 3.58. The minimum Gasteiger partial charge on any atom is -0.494 e. The molecule has 3 heterocycles. The lowest BCUT2D eigenvalue weighted by molar-refractivity contribution is -0.128. The van der Waals surface area contributed by atoms with Crippen LogP contribution in [0.2, 0.25) is 0 Å². The van der Waals surface area contributed by atoms with E-state index in [0.29, 0.717) is 42.0 Å². The first-order valence-corrected chi connectivity index (χ1v) is 12.3. The fourth-order valence-electron chi connectivity index (χ4n) is 5.59. The van der Waals surface area contributed by atoms with Crippen LogP contribution in [0.4, 0.5) is 5.69 Å². The van der Waals surface area contributed by atoms with Crippen molar-refractivity contribution in [1.29, 1.82) is 0 Å². The van der Waals surface area contributed by atoms with Crippen molar-refractivity contribution in [2.45, 2.75) is 65.1 Å². The number of ether oxygens (including phenoxy) is 1. The number of carbonyl (C=O) groups excluding carboxylic acids is 2. The van der Waals surface area contributed by atoms with Gasteiger partial charge in [0.15, 0.2) is 5.58 Å². The van der Waals surface area contributed by atoms with Crippen LogP contribution < -0.4 is 15.0 Å². The molecule has 1 N–H and O–H groups in total. The molecule has 180 valence electrons. The third-order valence-electron chi connectivity index (χ3n) is 7.82. The zero-order valence-corrected chi connectivity index (χ0v) is 20.3. The van der Waals surface area contributed by atoms with Gasteiger partial charge in [0.05, 0.1) is 24.9 Å². The van der Waals surface area contributed by atoms with E-state index < -0.39 is 5.54 Å². The molecule has 1 aliphatic heterocycles. The monoisotopic (exact) mass is 463 g/mol. The van der Waals surface area contributed by atoms with E-state index >= 15 is 0 Å². The second-order valence-corrected chi connectivity index (χ2v) is 9.97. The van der Waals surface area contributed by atoms with Gasteiger partial charge in [0.2, 0.25) is 5.91 Å². The van der Waals surface area contributed by atoms with Gasteiger partial charge in [-0.1, -0.05) is 26.7 Å². The van der Waals surface area contributed by atoms with Crippen LogP contribution in [0.1, 0.15) is 57.4 Å². The molecule has 0 spiro atoms. The van der Waals surface area contributed by atoms with Crippen LogP contribution in [0, 0.1) is 11.8 Å². The number of rotatable bonds is 5. The maximum absolute atomic E-state index is 14.0. The highest BCUT2D eigenvalue weighted by Gasteiger charge is 2.49. The maximum Gasteiger partial charge on any atom is 0.276 e. The molecule has 1 aromatic carbocycles. The van der Waals surface area contributed by atoms with Crippen LogP contribution in [-0.2, 0) is 11.3 Å². The first kappa shape index (κ1) is 22.6. The van der Waals surface area contributed by atoms with Crippen molar-refractivity contribution in [3.63, 3.8) is 0 Å². The molecule has 0 bridgehead atoms. The molecule has 0 unspecified atom stereocenters. The number of carbonyl (C=O) groups is 2. The van der Waals surface area contributed by atoms with Crippen molar-refractivity contribution in [3.05, 3.63) is 48.4 Å². The van der Waals surface area contributed by atoms with Crippen molar-refractivity contribution >= 4 is 28.6 Å². The number of aromatic nitrogens is 1. The highest BCUT2D eigenvalue weighted by Crippen LogP contribution is 2.37. The van der Waals surface area contributed by atoms with E-state index in [1.165, 1.54) is 6.42 Å². The number of nitrogens with zero attached hydrogens (tertiary/aromatic N) is 2. The Morgan fingerprint density at radius 2 is 1.97 bits per heavy atom. The Hall–Kier alpha value is -3.22. The molecule has 1 saturated carbocycles. The van der Waals surface area contributed by atoms with Crippen molar-refractivity contribution in [3.8, 4) is 5.75 Å². The highest BCUT2D eigenvalue weighted by molar-refractivity contribution is 6.13. The van der Waals surface area contributed by atoms with E-state index in [4.69, 9.17) is 9.15 Å². The molecule has 34 heavy (non-hydrogen) atoms. The molecule has 7 heteroatoms. The molecule has 2 amide bonds. The number of anilines is 1. The van der Waals surface area contributed by atoms with Gasteiger partial charge < -0.3 is 19.0 Å². The summed E-state index contributed by atoms with van der Waals surface area (Å²) in [6.45, 7) is 9.16. The van der Waals surface area contributed by atoms with Gasteiger partial charge >= 0.3 is 0 Å². The topological polar surface area (TPSA) is 76.7 Å². The third-order valence-corrected chi connectivity index (χ3v) is 7.82. The van der Waals surface area contributed by atoms with Crippen molar-refractivity contribution in [2.24, 2.45) is 11.8 Å². The molecular formula is C27H33N3O4. The summed E-state index contributed by atoms with van der Waals surface area (Å²) in [6.07, 6.45) is 4.87. The lowest BCUT2D eigenvalue weighted by Gasteiger charge is -2.45. The lowest BCUT2D eigenvalue weighted by atomic mass is 9.77. The average Bonchev–Trinajstić information content (AvgIpc) is 3.41. The second kappa shape index (κ2) is 8.53. The molecule has 3 aromatic rings. The Morgan fingerprint density at radius 1 is 1.21 bits per heavy atom. The van der Waals surface area contributed by atoms with Crippen molar-refractivity contribution in [2.75, 3.05) is 11.5 Å². The molecule has 0 saturated heterocycles. The highest BCUT2D eigenvalue weighted by atomic mass is 16.5. The van der Waals surface area contributed by atoms with Crippen LogP contribution in [0.5, 0.6) is 5.75 Å². The summed E-state index contributed by atoms with van der Waals surface area (Å²) in [7, 11) is 0. The smallest absolute Gasteiger partial charge is 0.276 e. The standard InChI is InChI=1S/C27H33N3O4/c1-5-33-20-11-9-19(10-12-20)30-25(31)23-15-24-22(13-14-34-24)29(23)16-27(30,4)26(32)28-21-8-6-7-17(2)18(21)3/h9-15,17-18,21H,5-8,16H2,1-4H3,(H,28,32)/t17-,18+,21-,27-/m1/s1. The number of nitrogens with one attached hydrogen (secondary N) is 1. The Bertz CT molecular complexity index is 1210. The number of hydrogen-bond donors (Lipinski definition) is 1. The van der Waals surface area contributed by atoms with E-state index in [2.05, 4.69) is 19.2 Å². The predicted octanol–water partition coefficient (Wildman–Crippen LogP) is 4.99. The number of amides is 2. The molecule has 4 atom stereocenters. The zero-order valence-electron chi connectivity index (χ0n) is 20.3. The molecule has 2 aromatic heterocycles. The number of furan rings is 1. The average molecular weight is 464 g/mol. The Morgan fingerprint density at radius 3 is 2.71 bits per heavy atom. The molecule has 0 radical (unpaired) electrons. The van der Waals surface area contributed by atoms with Crippen molar-refractivity contribution < 1.29 is 18.7 Å². The molecule has 7 nitrogen and oxygen atoms in total. The van der Waals surface area contributed by atoms with Gasteiger partial charge in [0.1, 0.15) is 17.0 Å². The Balaban J connectivity index is 1.55. The van der Waals surface area contributed by atoms with Gasteiger partial charge in [-0.25, -0.2) is 0 Å². The number of benzene rings is 1. The number of hydrogen-bond acceptors (Lipinski definition) is 4. The SMILES string of the molecule is CCOc1ccc(N2C(=O)c3cc4occc4n3C[C@]2(C)C(=O)N[C@@H]2CCC[C@@H](C)[C@@H]2C)cc1. The van der Waals surface area contributed by atoms with E-state index in [0.717, 1.165) is 24.1 Å². The normalized spacial score (nSPS) is 27.0. The van der Waals surface area contributed by atoms with Crippen LogP contribution in [-0.4, -0.2) is 34.6 Å². The molecule has 2 aliphatic rings. The zero-order chi connectivity index (χ0) is 24.0. The van der Waals surface area contributed by atoms with Gasteiger partial charge in [0.25, 0.3) is 5.91 Å². The first-order valence-electron chi connectivity index (χ1n) is 12.3. The molecule has 1 aliphatic carbocycles. The van der Waals surface area contributed by atoms with Crippen LogP contribution in [0.15, 0.2) is 47.1 Å². The fraction of sp³-hybridized carbons (Fsp3) is 0.481. The Kier molecular flexibility index (Phi) is 5.66. The molecule has 1 fully saturated rings. The van der Waals surface area contributed by atoms with Gasteiger partial charge in [0, 0.05) is 23.9 Å². The summed E-state index contributed by atoms with van der Waals surface area (Å²) in [5, 5.41) is 3.33. The minimum absolute atomic E-state index is 0.102. The Labute approximate surface area is 200 Å². The summed E-state index contributed by atoms with van der Waals surface area (Å²) in [5.41, 5.74) is 1.55. The van der Waals surface area contributed by atoms with Gasteiger partial charge in [-0.05, 0) is 56.4 Å². The summed E-state index contributed by atoms with van der Waals surface area (Å²) in [6, 6.07) is 11.1. The predicted molar refractivity (Wildman–Crippen MR) is 131 cm³/mol. The molecular weight excluding hydrogens is 430 g/mol. The lowest BCUT2D eigenvalue weighted by Crippen LogP contribution is -2.66. The van der Waals surface area contributed by atoms with Gasteiger partial charge in [-0.15, -0.1) is 0 Å². The van der Waals surface area contributed by atoms with E-state index in [-0.39, 0.29) is 17.9 Å². The van der Waals surface area contributed by atoms with Crippen LogP contribution >= 0.6 is 0 Å². The summed E-state index contributed by atoms with van der Waals surface area (Å²) in [5.74, 6) is 1.33. The van der Waals surface area contributed by atoms with E-state index in [9.17, 15) is 9.59 Å². The minimum atomic E-state index is -1.11. The van der Waals surface area contributed by atoms with Crippen molar-refractivity contribution in [1.82, 2.24) is 9.88 Å². The quantitative estimate of drug-likeness (QED) is 0.578. The summed E-state index contributed by atoms with van der Waals surface area (Å²) >= 11 is 0. The summed E-state index contributed by atoms with van der Waals surface area (Å²) in [4.78, 5) is 29.5. The van der Waals surface area contributed by atoms with Crippen LogP contribution in [0.25, 0.3) is 11.1 Å². The number of fused-ring (bicyclic) bond motifs is 3. The van der Waals surface area contributed by atoms with Crippen LogP contribution in [0.3, 0.4) is 0 Å². The van der Waals surface area contributed by atoms with Gasteiger partial charge in [-0.2, -0.15) is 0 Å². The summed E-state index contributed by atoms with van der Waals surface area (Å²) < 4.78 is 13.1. The largest absolute Gasteiger partial charge is 0.494 e.